The topological polar surface area (TPSA) is 113 Å². The van der Waals surface area contributed by atoms with E-state index in [0.29, 0.717) is 16.5 Å². The smallest absolute Gasteiger partial charge is 0.265 e. The third-order valence-corrected chi connectivity index (χ3v) is 4.71. The predicted molar refractivity (Wildman–Crippen MR) is 90.5 cm³/mol. The minimum atomic E-state index is -0.519. The van der Waals surface area contributed by atoms with Gasteiger partial charge in [0.2, 0.25) is 5.91 Å². The minimum Gasteiger partial charge on any atom is -0.364 e. The highest BCUT2D eigenvalue weighted by Crippen LogP contribution is 2.25. The van der Waals surface area contributed by atoms with E-state index >= 15 is 0 Å². The highest BCUT2D eigenvalue weighted by atomic mass is 35.5. The number of carbonyl (C=O) groups is 2. The Hall–Kier alpha value is -1.55. The lowest BCUT2D eigenvalue weighted by atomic mass is 10.2. The third kappa shape index (κ3) is 3.61. The normalized spacial score (nSPS) is 17.0. The molecule has 1 aliphatic heterocycles. The maximum atomic E-state index is 12.0. The van der Waals surface area contributed by atoms with Crippen LogP contribution in [0.5, 0.6) is 0 Å². The van der Waals surface area contributed by atoms with Crippen LogP contribution in [-0.4, -0.2) is 39.5 Å². The van der Waals surface area contributed by atoms with Crippen LogP contribution in [0, 0.1) is 0 Å². The number of hydrogen-bond acceptors (Lipinski definition) is 6. The molecule has 118 valence electrons. The first-order valence-corrected chi connectivity index (χ1v) is 8.23. The van der Waals surface area contributed by atoms with Crippen molar-refractivity contribution in [3.63, 3.8) is 0 Å². The van der Waals surface area contributed by atoms with Crippen molar-refractivity contribution in [1.82, 2.24) is 15.3 Å². The predicted octanol–water partition coefficient (Wildman–Crippen LogP) is 1.26. The van der Waals surface area contributed by atoms with Crippen LogP contribution in [0.1, 0.15) is 10.5 Å². The molecule has 0 aromatic carbocycles. The molecule has 1 aliphatic rings. The van der Waals surface area contributed by atoms with Crippen molar-refractivity contribution in [2.75, 3.05) is 16.9 Å². The van der Waals surface area contributed by atoms with Gasteiger partial charge < -0.3 is 16.0 Å². The van der Waals surface area contributed by atoms with Crippen LogP contribution in [0.15, 0.2) is 17.6 Å². The summed E-state index contributed by atoms with van der Waals surface area (Å²) in [6.07, 6.45) is 1.66. The molecule has 1 saturated heterocycles. The average molecular weight is 360 g/mol. The summed E-state index contributed by atoms with van der Waals surface area (Å²) >= 11 is 3.03. The number of aromatic amines is 1. The summed E-state index contributed by atoms with van der Waals surface area (Å²) in [4.78, 5) is 30.1. The maximum absolute atomic E-state index is 12.0. The van der Waals surface area contributed by atoms with Gasteiger partial charge in [-0.15, -0.1) is 35.5 Å². The van der Waals surface area contributed by atoms with Gasteiger partial charge in [-0.25, -0.2) is 4.98 Å². The number of halogens is 1. The van der Waals surface area contributed by atoms with E-state index in [2.05, 4.69) is 20.6 Å². The summed E-state index contributed by atoms with van der Waals surface area (Å²) in [5, 5.41) is 8.25. The highest BCUT2D eigenvalue weighted by Gasteiger charge is 2.23. The van der Waals surface area contributed by atoms with Gasteiger partial charge in [-0.1, -0.05) is 0 Å². The summed E-state index contributed by atoms with van der Waals surface area (Å²) in [7, 11) is 0. The molecular formula is C12H14ClN5O2S2. The molecule has 7 nitrogen and oxygen atoms in total. The van der Waals surface area contributed by atoms with Gasteiger partial charge in [-0.3, -0.25) is 14.9 Å². The molecule has 0 saturated carbocycles. The largest absolute Gasteiger partial charge is 0.364 e. The summed E-state index contributed by atoms with van der Waals surface area (Å²) in [6.45, 7) is 0. The fraction of sp³-hybridized carbons (Fsp3) is 0.250. The van der Waals surface area contributed by atoms with Crippen molar-refractivity contribution in [2.45, 2.75) is 6.04 Å². The van der Waals surface area contributed by atoms with Crippen LogP contribution >= 0.6 is 35.5 Å². The molecule has 1 atom stereocenters. The van der Waals surface area contributed by atoms with Gasteiger partial charge in [-0.05, 0) is 6.07 Å². The number of primary amides is 1. The van der Waals surface area contributed by atoms with E-state index in [4.69, 9.17) is 5.73 Å². The van der Waals surface area contributed by atoms with Gasteiger partial charge in [0, 0.05) is 28.8 Å². The van der Waals surface area contributed by atoms with Gasteiger partial charge >= 0.3 is 0 Å². The van der Waals surface area contributed by atoms with Gasteiger partial charge in [-0.2, -0.15) is 0 Å². The number of carbonyl (C=O) groups excluding carboxylic acids is 2. The van der Waals surface area contributed by atoms with Crippen molar-refractivity contribution in [2.24, 2.45) is 5.73 Å². The quantitative estimate of drug-likeness (QED) is 0.656. The molecule has 3 heterocycles. The lowest BCUT2D eigenvalue weighted by Crippen LogP contribution is -2.37. The second-order valence-electron chi connectivity index (χ2n) is 4.47. The second-order valence-corrected chi connectivity index (χ2v) is 6.35. The zero-order chi connectivity index (χ0) is 14.8. The zero-order valence-electron chi connectivity index (χ0n) is 11.3. The number of hydrogen-bond donors (Lipinski definition) is 4. The van der Waals surface area contributed by atoms with E-state index < -0.39 is 5.91 Å². The van der Waals surface area contributed by atoms with Gasteiger partial charge in [0.05, 0.1) is 11.7 Å². The fourth-order valence-corrected chi connectivity index (χ4v) is 3.57. The first kappa shape index (κ1) is 16.8. The first-order valence-electron chi connectivity index (χ1n) is 6.19. The van der Waals surface area contributed by atoms with Crippen molar-refractivity contribution in [3.8, 4) is 11.3 Å². The lowest BCUT2D eigenvalue weighted by Gasteiger charge is -2.07. The molecule has 22 heavy (non-hydrogen) atoms. The van der Waals surface area contributed by atoms with Crippen molar-refractivity contribution in [3.05, 3.63) is 23.3 Å². The number of aromatic nitrogens is 2. The Morgan fingerprint density at radius 2 is 2.27 bits per heavy atom. The molecule has 5 N–H and O–H groups in total. The van der Waals surface area contributed by atoms with Gasteiger partial charge in [0.25, 0.3) is 5.91 Å². The molecule has 1 fully saturated rings. The van der Waals surface area contributed by atoms with Crippen LogP contribution in [0.2, 0.25) is 0 Å². The number of thiazole rings is 1. The van der Waals surface area contributed by atoms with Crippen LogP contribution in [-0.2, 0) is 4.79 Å². The molecule has 0 bridgehead atoms. The van der Waals surface area contributed by atoms with E-state index in [0.717, 1.165) is 17.2 Å². The molecule has 0 spiro atoms. The Morgan fingerprint density at radius 1 is 1.45 bits per heavy atom. The van der Waals surface area contributed by atoms with E-state index in [1.807, 2.05) is 5.38 Å². The van der Waals surface area contributed by atoms with E-state index in [1.54, 1.807) is 24.0 Å². The van der Waals surface area contributed by atoms with Crippen LogP contribution in [0.3, 0.4) is 0 Å². The number of thioether (sulfide) groups is 1. The van der Waals surface area contributed by atoms with Crippen LogP contribution < -0.4 is 16.4 Å². The van der Waals surface area contributed by atoms with Crippen molar-refractivity contribution in [1.29, 1.82) is 0 Å². The molecule has 3 rings (SSSR count). The Bertz CT molecular complexity index is 681. The van der Waals surface area contributed by atoms with Crippen LogP contribution in [0.25, 0.3) is 11.3 Å². The number of amides is 2. The SMILES string of the molecule is Cl.NC(=O)c1cc(-c2csc(NC(=O)C3CSCN3)n2)c[nH]1. The molecule has 2 amide bonds. The van der Waals surface area contributed by atoms with E-state index in [1.165, 1.54) is 11.3 Å². The van der Waals surface area contributed by atoms with E-state index in [-0.39, 0.29) is 24.4 Å². The standard InChI is InChI=1S/C12H13N5O2S2.ClH/c13-10(18)7-1-6(2-14-7)8-4-21-12(16-8)17-11(19)9-3-20-5-15-9;/h1-2,4,9,14-15H,3,5H2,(H2,13,18)(H,16,17,19);1H. The summed E-state index contributed by atoms with van der Waals surface area (Å²) in [5.74, 6) is 0.965. The lowest BCUT2D eigenvalue weighted by molar-refractivity contribution is -0.117. The molecule has 10 heteroatoms. The monoisotopic (exact) mass is 359 g/mol. The van der Waals surface area contributed by atoms with Crippen molar-refractivity contribution >= 4 is 52.5 Å². The summed E-state index contributed by atoms with van der Waals surface area (Å²) < 4.78 is 0. The number of nitrogens with two attached hydrogens (primary N) is 1. The Balaban J connectivity index is 0.00000176. The number of H-pyrrole nitrogens is 1. The van der Waals surface area contributed by atoms with E-state index in [9.17, 15) is 9.59 Å². The maximum Gasteiger partial charge on any atom is 0.265 e. The molecule has 0 radical (unpaired) electrons. The summed E-state index contributed by atoms with van der Waals surface area (Å²) in [6, 6.07) is 1.47. The Kier molecular flexibility index (Phi) is 5.46. The average Bonchev–Trinajstić information content (AvgIpc) is 3.20. The Morgan fingerprint density at radius 3 is 2.91 bits per heavy atom. The van der Waals surface area contributed by atoms with Crippen LogP contribution in [0.4, 0.5) is 5.13 Å². The van der Waals surface area contributed by atoms with Crippen molar-refractivity contribution < 1.29 is 9.59 Å². The first-order chi connectivity index (χ1) is 10.1. The summed E-state index contributed by atoms with van der Waals surface area (Å²) in [5.41, 5.74) is 6.97. The minimum absolute atomic E-state index is 0. The molecule has 2 aromatic rings. The Labute approximate surface area is 140 Å². The van der Waals surface area contributed by atoms with Gasteiger partial charge in [0.15, 0.2) is 5.13 Å². The number of nitrogens with one attached hydrogen (secondary N) is 3. The van der Waals surface area contributed by atoms with Gasteiger partial charge in [0.1, 0.15) is 5.69 Å². The highest BCUT2D eigenvalue weighted by molar-refractivity contribution is 7.99. The number of rotatable bonds is 4. The third-order valence-electron chi connectivity index (χ3n) is 3.01. The number of nitrogens with zero attached hydrogens (tertiary/aromatic N) is 1. The second kappa shape index (κ2) is 7.14. The molecule has 2 aromatic heterocycles. The molecule has 0 aliphatic carbocycles. The molecular weight excluding hydrogens is 346 g/mol. The molecule has 1 unspecified atom stereocenters. The zero-order valence-corrected chi connectivity index (χ0v) is 13.7. The fourth-order valence-electron chi connectivity index (χ4n) is 1.90. The number of anilines is 1.